The highest BCUT2D eigenvalue weighted by molar-refractivity contribution is 6.31. The first-order valence-corrected chi connectivity index (χ1v) is 5.79. The lowest BCUT2D eigenvalue weighted by molar-refractivity contribution is -0.384. The highest BCUT2D eigenvalue weighted by atomic mass is 35.5. The van der Waals surface area contributed by atoms with Crippen LogP contribution in [0.3, 0.4) is 0 Å². The van der Waals surface area contributed by atoms with E-state index >= 15 is 0 Å². The van der Waals surface area contributed by atoms with Crippen molar-refractivity contribution < 1.29 is 10.0 Å². The molecule has 2 N–H and O–H groups in total. The fourth-order valence-corrected chi connectivity index (χ4v) is 1.75. The van der Waals surface area contributed by atoms with Gasteiger partial charge in [0, 0.05) is 17.6 Å². The summed E-state index contributed by atoms with van der Waals surface area (Å²) in [6.45, 7) is 1.85. The monoisotopic (exact) mass is 278 g/mol. The Labute approximate surface area is 108 Å². The van der Waals surface area contributed by atoms with Crippen LogP contribution in [0, 0.1) is 17.0 Å². The van der Waals surface area contributed by atoms with Crippen LogP contribution in [0.4, 0.5) is 11.4 Å². The maximum absolute atomic E-state index is 10.9. The van der Waals surface area contributed by atoms with Gasteiger partial charge in [-0.2, -0.15) is 0 Å². The molecule has 0 bridgehead atoms. The Morgan fingerprint density at radius 2 is 2.24 bits per heavy atom. The molecule has 7 heteroatoms. The number of rotatable bonds is 5. The zero-order valence-electron chi connectivity index (χ0n) is 9.11. The molecule has 0 aliphatic heterocycles. The largest absolute Gasteiger partial charge is 0.390 e. The normalized spacial score (nSPS) is 12.2. The number of anilines is 1. The van der Waals surface area contributed by atoms with Gasteiger partial charge in [-0.15, -0.1) is 11.6 Å². The number of nitro benzene ring substituents is 1. The molecule has 1 aromatic carbocycles. The van der Waals surface area contributed by atoms with E-state index in [4.69, 9.17) is 23.2 Å². The van der Waals surface area contributed by atoms with Gasteiger partial charge < -0.3 is 10.4 Å². The van der Waals surface area contributed by atoms with Crippen molar-refractivity contribution in [2.45, 2.75) is 13.0 Å². The molecule has 1 atom stereocenters. The summed E-state index contributed by atoms with van der Waals surface area (Å²) >= 11 is 11.2. The summed E-state index contributed by atoms with van der Waals surface area (Å²) < 4.78 is 0. The summed E-state index contributed by atoms with van der Waals surface area (Å²) in [5.41, 5.74) is 0.881. The molecule has 94 valence electrons. The minimum absolute atomic E-state index is 0.0629. The predicted octanol–water partition coefficient (Wildman–Crippen LogP) is 2.57. The number of hydrogen-bond acceptors (Lipinski definition) is 4. The highest BCUT2D eigenvalue weighted by Crippen LogP contribution is 2.31. The van der Waals surface area contributed by atoms with Gasteiger partial charge in [0.25, 0.3) is 5.69 Å². The van der Waals surface area contributed by atoms with E-state index in [-0.39, 0.29) is 18.1 Å². The van der Waals surface area contributed by atoms with Gasteiger partial charge in [0.2, 0.25) is 0 Å². The van der Waals surface area contributed by atoms with Crippen LogP contribution in [0.2, 0.25) is 5.02 Å². The number of aliphatic hydroxyl groups is 1. The third-order valence-corrected chi connectivity index (χ3v) is 2.74. The average Bonchev–Trinajstić information content (AvgIpc) is 2.26. The molecule has 0 aromatic heterocycles. The Kier molecular flexibility index (Phi) is 4.99. The number of nitrogens with zero attached hydrogens (tertiary/aromatic N) is 1. The molecule has 1 rings (SSSR count). The molecule has 0 fully saturated rings. The van der Waals surface area contributed by atoms with E-state index in [9.17, 15) is 15.2 Å². The van der Waals surface area contributed by atoms with Crippen molar-refractivity contribution >= 4 is 34.6 Å². The molecule has 0 amide bonds. The topological polar surface area (TPSA) is 75.4 Å². The molecular weight excluding hydrogens is 267 g/mol. The smallest absolute Gasteiger partial charge is 0.294 e. The van der Waals surface area contributed by atoms with Crippen molar-refractivity contribution in [1.82, 2.24) is 0 Å². The Bertz CT molecular complexity index is 426. The van der Waals surface area contributed by atoms with Crippen LogP contribution in [-0.2, 0) is 0 Å². The highest BCUT2D eigenvalue weighted by Gasteiger charge is 2.17. The average molecular weight is 279 g/mol. The summed E-state index contributed by atoms with van der Waals surface area (Å²) in [5, 5.41) is 23.3. The van der Waals surface area contributed by atoms with E-state index in [0.29, 0.717) is 16.3 Å². The standard InChI is InChI=1S/C10H12Cl2N2O3/c1-6-2-7(12)3-9(14(16)17)10(6)13-5-8(15)4-11/h2-3,8,13,15H,4-5H2,1H3. The van der Waals surface area contributed by atoms with E-state index in [1.54, 1.807) is 13.0 Å². The van der Waals surface area contributed by atoms with Crippen LogP contribution in [-0.4, -0.2) is 28.6 Å². The number of aliphatic hydroxyl groups excluding tert-OH is 1. The van der Waals surface area contributed by atoms with E-state index in [2.05, 4.69) is 5.32 Å². The molecule has 0 heterocycles. The molecule has 17 heavy (non-hydrogen) atoms. The van der Waals surface area contributed by atoms with Crippen LogP contribution in [0.25, 0.3) is 0 Å². The Morgan fingerprint density at radius 1 is 1.59 bits per heavy atom. The van der Waals surface area contributed by atoms with Crippen LogP contribution in [0.5, 0.6) is 0 Å². The second kappa shape index (κ2) is 6.05. The van der Waals surface area contributed by atoms with Crippen molar-refractivity contribution in [2.75, 3.05) is 17.7 Å². The quantitative estimate of drug-likeness (QED) is 0.493. The molecule has 0 radical (unpaired) electrons. The molecule has 1 unspecified atom stereocenters. The summed E-state index contributed by atoms with van der Waals surface area (Å²) in [4.78, 5) is 10.3. The second-order valence-electron chi connectivity index (χ2n) is 3.56. The molecule has 1 aromatic rings. The maximum Gasteiger partial charge on any atom is 0.294 e. The van der Waals surface area contributed by atoms with Gasteiger partial charge in [-0.3, -0.25) is 10.1 Å². The number of aryl methyl sites for hydroxylation is 1. The minimum atomic E-state index is -0.758. The van der Waals surface area contributed by atoms with E-state index in [1.165, 1.54) is 6.07 Å². The molecule has 0 spiro atoms. The van der Waals surface area contributed by atoms with Crippen molar-refractivity contribution in [2.24, 2.45) is 0 Å². The van der Waals surface area contributed by atoms with Crippen molar-refractivity contribution in [3.63, 3.8) is 0 Å². The third-order valence-electron chi connectivity index (χ3n) is 2.17. The molecule has 0 saturated carbocycles. The zero-order valence-corrected chi connectivity index (χ0v) is 10.6. The SMILES string of the molecule is Cc1cc(Cl)cc([N+](=O)[O-])c1NCC(O)CCl. The number of benzene rings is 1. The zero-order chi connectivity index (χ0) is 13.0. The van der Waals surface area contributed by atoms with E-state index in [1.807, 2.05) is 0 Å². The summed E-state index contributed by atoms with van der Waals surface area (Å²) in [5.74, 6) is 0.0629. The van der Waals surface area contributed by atoms with Gasteiger partial charge in [-0.1, -0.05) is 11.6 Å². The lowest BCUT2D eigenvalue weighted by Crippen LogP contribution is -2.21. The van der Waals surface area contributed by atoms with Crippen LogP contribution >= 0.6 is 23.2 Å². The van der Waals surface area contributed by atoms with Gasteiger partial charge in [-0.25, -0.2) is 0 Å². The molecular formula is C10H12Cl2N2O3. The molecule has 5 nitrogen and oxygen atoms in total. The Morgan fingerprint density at radius 3 is 2.76 bits per heavy atom. The van der Waals surface area contributed by atoms with Crippen LogP contribution in [0.15, 0.2) is 12.1 Å². The Balaban J connectivity index is 3.00. The first-order chi connectivity index (χ1) is 7.95. The number of nitrogens with one attached hydrogen (secondary N) is 1. The van der Waals surface area contributed by atoms with Gasteiger partial charge in [0.05, 0.1) is 16.9 Å². The van der Waals surface area contributed by atoms with Crippen LogP contribution in [0.1, 0.15) is 5.56 Å². The molecule has 0 saturated heterocycles. The number of hydrogen-bond donors (Lipinski definition) is 2. The van der Waals surface area contributed by atoms with Crippen LogP contribution < -0.4 is 5.32 Å². The maximum atomic E-state index is 10.9. The van der Waals surface area contributed by atoms with E-state index < -0.39 is 11.0 Å². The lowest BCUT2D eigenvalue weighted by Gasteiger charge is -2.12. The van der Waals surface area contributed by atoms with Gasteiger partial charge in [0.1, 0.15) is 5.69 Å². The number of halogens is 2. The van der Waals surface area contributed by atoms with Gasteiger partial charge in [0.15, 0.2) is 0 Å². The fourth-order valence-electron chi connectivity index (χ4n) is 1.37. The van der Waals surface area contributed by atoms with Crippen molar-refractivity contribution in [1.29, 1.82) is 0 Å². The fraction of sp³-hybridized carbons (Fsp3) is 0.400. The molecule has 0 aliphatic carbocycles. The predicted molar refractivity (Wildman–Crippen MR) is 68.1 cm³/mol. The van der Waals surface area contributed by atoms with Gasteiger partial charge in [-0.05, 0) is 18.6 Å². The summed E-state index contributed by atoms with van der Waals surface area (Å²) in [6.07, 6.45) is -0.758. The number of alkyl halides is 1. The summed E-state index contributed by atoms with van der Waals surface area (Å²) in [6, 6.07) is 2.88. The third kappa shape index (κ3) is 3.73. The van der Waals surface area contributed by atoms with Gasteiger partial charge >= 0.3 is 0 Å². The first kappa shape index (κ1) is 14.0. The van der Waals surface area contributed by atoms with Crippen molar-refractivity contribution in [3.05, 3.63) is 32.8 Å². The Hall–Kier alpha value is -1.04. The number of nitro groups is 1. The minimum Gasteiger partial charge on any atom is -0.390 e. The van der Waals surface area contributed by atoms with E-state index in [0.717, 1.165) is 0 Å². The second-order valence-corrected chi connectivity index (χ2v) is 4.31. The lowest BCUT2D eigenvalue weighted by atomic mass is 10.1. The molecule has 0 aliphatic rings. The van der Waals surface area contributed by atoms with Crippen molar-refractivity contribution in [3.8, 4) is 0 Å². The first-order valence-electron chi connectivity index (χ1n) is 4.88. The summed E-state index contributed by atoms with van der Waals surface area (Å²) in [7, 11) is 0.